The molecule has 1 fully saturated rings. The molecule has 0 saturated heterocycles. The smallest absolute Gasteiger partial charge is 0.326 e. The first kappa shape index (κ1) is 14.4. The Bertz CT molecular complexity index is 664. The summed E-state index contributed by atoms with van der Waals surface area (Å²) < 4.78 is 63.2. The third-order valence-corrected chi connectivity index (χ3v) is 4.56. The van der Waals surface area contributed by atoms with Gasteiger partial charge in [0.05, 0.1) is 4.90 Å². The van der Waals surface area contributed by atoms with Crippen LogP contribution in [0.4, 0.5) is 13.2 Å². The minimum atomic E-state index is -4.66. The Hall–Kier alpha value is -1.06. The highest BCUT2D eigenvalue weighted by Gasteiger charge is 2.65. The van der Waals surface area contributed by atoms with Gasteiger partial charge in [-0.25, -0.2) is 8.42 Å². The average molecular weight is 317 g/mol. The van der Waals surface area contributed by atoms with Crippen LogP contribution in [0.25, 0.3) is 0 Å². The predicted molar refractivity (Wildman–Crippen MR) is 60.4 cm³/mol. The summed E-state index contributed by atoms with van der Waals surface area (Å²) >= 11 is 5.44. The molecule has 19 heavy (non-hydrogen) atoms. The summed E-state index contributed by atoms with van der Waals surface area (Å²) in [6.45, 7) is 0. The van der Waals surface area contributed by atoms with Gasteiger partial charge in [-0.1, -0.05) is 11.6 Å². The van der Waals surface area contributed by atoms with E-state index in [-0.39, 0.29) is 12.8 Å². The molecule has 1 saturated carbocycles. The van der Waals surface area contributed by atoms with Crippen molar-refractivity contribution in [1.82, 2.24) is 9.71 Å². The van der Waals surface area contributed by atoms with Gasteiger partial charge in [-0.2, -0.15) is 17.9 Å². The lowest BCUT2D eigenvalue weighted by atomic mass is 10.3. The molecule has 1 aliphatic carbocycles. The normalized spacial score (nSPS) is 18.3. The maximum atomic E-state index is 12.7. The van der Waals surface area contributed by atoms with Crippen LogP contribution in [0.5, 0.6) is 0 Å². The molecular weight excluding hydrogens is 309 g/mol. The Morgan fingerprint density at radius 1 is 1.37 bits per heavy atom. The number of hydrogen-bond donors (Lipinski definition) is 2. The van der Waals surface area contributed by atoms with Crippen LogP contribution >= 0.6 is 11.6 Å². The molecule has 0 aliphatic heterocycles. The molecule has 1 aromatic heterocycles. The molecule has 5 nitrogen and oxygen atoms in total. The van der Waals surface area contributed by atoms with Crippen molar-refractivity contribution in [3.63, 3.8) is 0 Å². The van der Waals surface area contributed by atoms with Crippen LogP contribution < -0.4 is 10.3 Å². The van der Waals surface area contributed by atoms with Crippen molar-refractivity contribution in [2.24, 2.45) is 0 Å². The Kier molecular flexibility index (Phi) is 3.19. The molecule has 0 radical (unpaired) electrons. The summed E-state index contributed by atoms with van der Waals surface area (Å²) in [6, 6.07) is 0.801. The number of nitrogens with one attached hydrogen (secondary N) is 2. The van der Waals surface area contributed by atoms with Crippen LogP contribution in [-0.2, 0) is 10.0 Å². The zero-order valence-corrected chi connectivity index (χ0v) is 10.8. The Morgan fingerprint density at radius 2 is 1.95 bits per heavy atom. The molecule has 1 aromatic rings. The number of halogens is 4. The molecular formula is C9H8ClF3N2O3S. The highest BCUT2D eigenvalue weighted by atomic mass is 35.5. The maximum Gasteiger partial charge on any atom is 0.407 e. The monoisotopic (exact) mass is 316 g/mol. The molecule has 2 N–H and O–H groups in total. The van der Waals surface area contributed by atoms with Crippen LogP contribution in [0.3, 0.4) is 0 Å². The fourth-order valence-corrected chi connectivity index (χ4v) is 3.15. The van der Waals surface area contributed by atoms with Crippen LogP contribution in [0, 0.1) is 0 Å². The van der Waals surface area contributed by atoms with Gasteiger partial charge in [0.1, 0.15) is 10.6 Å². The van der Waals surface area contributed by atoms with E-state index in [4.69, 9.17) is 11.6 Å². The van der Waals surface area contributed by atoms with E-state index in [1.165, 1.54) is 0 Å². The molecule has 0 unspecified atom stereocenters. The Morgan fingerprint density at radius 3 is 2.37 bits per heavy atom. The molecule has 0 aromatic carbocycles. The summed E-state index contributed by atoms with van der Waals surface area (Å²) in [5.41, 5.74) is -3.13. The number of aromatic nitrogens is 1. The first-order valence-corrected chi connectivity index (χ1v) is 6.92. The van der Waals surface area contributed by atoms with Gasteiger partial charge in [0.2, 0.25) is 10.0 Å². The van der Waals surface area contributed by atoms with Crippen molar-refractivity contribution < 1.29 is 21.6 Å². The quantitative estimate of drug-likeness (QED) is 0.884. The first-order valence-electron chi connectivity index (χ1n) is 5.06. The third-order valence-electron chi connectivity index (χ3n) is 2.76. The van der Waals surface area contributed by atoms with Crippen molar-refractivity contribution in [3.05, 3.63) is 27.6 Å². The summed E-state index contributed by atoms with van der Waals surface area (Å²) in [5, 5.41) is -0.417. The zero-order chi connectivity index (χ0) is 14.5. The maximum absolute atomic E-state index is 12.7. The molecule has 1 aliphatic rings. The van der Waals surface area contributed by atoms with Crippen molar-refractivity contribution in [1.29, 1.82) is 0 Å². The van der Waals surface area contributed by atoms with Crippen LogP contribution in [0.1, 0.15) is 12.8 Å². The lowest BCUT2D eigenvalue weighted by Gasteiger charge is -2.20. The van der Waals surface area contributed by atoms with E-state index in [0.29, 0.717) is 0 Å². The minimum absolute atomic E-state index is 0.313. The van der Waals surface area contributed by atoms with Crippen molar-refractivity contribution >= 4 is 21.6 Å². The van der Waals surface area contributed by atoms with Crippen LogP contribution in [-0.4, -0.2) is 25.1 Å². The number of H-pyrrole nitrogens is 1. The van der Waals surface area contributed by atoms with Gasteiger partial charge in [-0.05, 0) is 18.9 Å². The zero-order valence-electron chi connectivity index (χ0n) is 9.21. The fourth-order valence-electron chi connectivity index (χ4n) is 1.48. The predicted octanol–water partition coefficient (Wildman–Crippen LogP) is 1.40. The second-order valence-electron chi connectivity index (χ2n) is 4.20. The van der Waals surface area contributed by atoms with Gasteiger partial charge in [0.25, 0.3) is 5.56 Å². The van der Waals surface area contributed by atoms with Gasteiger partial charge >= 0.3 is 6.18 Å². The largest absolute Gasteiger partial charge is 0.407 e. The number of rotatable bonds is 3. The SMILES string of the molecule is O=c1[nH]cc(S(=O)(=O)NC2(C(F)(F)F)CC2)cc1Cl. The van der Waals surface area contributed by atoms with Gasteiger partial charge in [0, 0.05) is 6.20 Å². The number of alkyl halides is 3. The summed E-state index contributed by atoms with van der Waals surface area (Å²) in [6.07, 6.45) is -4.49. The molecule has 0 spiro atoms. The lowest BCUT2D eigenvalue weighted by Crippen LogP contribution is -2.47. The van der Waals surface area contributed by atoms with Crippen molar-refractivity contribution in [3.8, 4) is 0 Å². The van der Waals surface area contributed by atoms with E-state index in [2.05, 4.69) is 0 Å². The molecule has 10 heteroatoms. The van der Waals surface area contributed by atoms with Crippen molar-refractivity contribution in [2.75, 3.05) is 0 Å². The van der Waals surface area contributed by atoms with E-state index in [1.54, 1.807) is 4.72 Å². The topological polar surface area (TPSA) is 79.0 Å². The number of sulfonamides is 1. The Balaban J connectivity index is 2.34. The highest BCUT2D eigenvalue weighted by molar-refractivity contribution is 7.89. The summed E-state index contributed by atoms with van der Waals surface area (Å²) in [7, 11) is -4.40. The number of hydrogen-bond acceptors (Lipinski definition) is 3. The average Bonchev–Trinajstić information content (AvgIpc) is 3.01. The molecule has 0 amide bonds. The minimum Gasteiger partial charge on any atom is -0.326 e. The van der Waals surface area contributed by atoms with Gasteiger partial charge in [-0.15, -0.1) is 0 Å². The van der Waals surface area contributed by atoms with E-state index < -0.39 is 37.2 Å². The number of aromatic amines is 1. The van der Waals surface area contributed by atoms with Gasteiger partial charge in [0.15, 0.2) is 0 Å². The standard InChI is InChI=1S/C9H8ClF3N2O3S/c10-6-3-5(4-14-7(6)16)19(17,18)15-8(1-2-8)9(11,12)13/h3-4,15H,1-2H2,(H,14,16). The van der Waals surface area contributed by atoms with Gasteiger partial charge < -0.3 is 4.98 Å². The second-order valence-corrected chi connectivity index (χ2v) is 6.29. The van der Waals surface area contributed by atoms with E-state index in [9.17, 15) is 26.4 Å². The number of pyridine rings is 1. The molecule has 106 valence electrons. The van der Waals surface area contributed by atoms with Gasteiger partial charge in [-0.3, -0.25) is 4.79 Å². The van der Waals surface area contributed by atoms with E-state index >= 15 is 0 Å². The van der Waals surface area contributed by atoms with E-state index in [1.807, 2.05) is 4.98 Å². The van der Waals surface area contributed by atoms with E-state index in [0.717, 1.165) is 12.3 Å². The van der Waals surface area contributed by atoms with Crippen molar-refractivity contribution in [2.45, 2.75) is 29.5 Å². The first-order chi connectivity index (χ1) is 8.57. The summed E-state index contributed by atoms with van der Waals surface area (Å²) in [5.74, 6) is 0. The third kappa shape index (κ3) is 2.63. The molecule has 2 rings (SSSR count). The molecule has 0 atom stereocenters. The summed E-state index contributed by atoms with van der Waals surface area (Å²) in [4.78, 5) is 12.5. The Labute approximate surface area is 110 Å². The molecule has 1 heterocycles. The van der Waals surface area contributed by atoms with Crippen LogP contribution in [0.15, 0.2) is 22.0 Å². The molecule has 0 bridgehead atoms. The second kappa shape index (κ2) is 4.22. The van der Waals surface area contributed by atoms with Crippen LogP contribution in [0.2, 0.25) is 5.02 Å². The lowest BCUT2D eigenvalue weighted by molar-refractivity contribution is -0.160. The highest BCUT2D eigenvalue weighted by Crippen LogP contribution is 2.49. The fraction of sp³-hybridized carbons (Fsp3) is 0.444.